The van der Waals surface area contributed by atoms with Crippen LogP contribution in [0.3, 0.4) is 0 Å². The molecule has 5 nitrogen and oxygen atoms in total. The average molecular weight is 490 g/mol. The van der Waals surface area contributed by atoms with Gasteiger partial charge in [-0.05, 0) is 61.4 Å². The predicted octanol–water partition coefficient (Wildman–Crippen LogP) is 6.02. The second-order valence-electron chi connectivity index (χ2n) is 7.41. The maximum atomic E-state index is 13.3. The summed E-state index contributed by atoms with van der Waals surface area (Å²) in [4.78, 5) is 24.0. The number of carbonyl (C=O) groups excluding carboxylic acids is 1. The molecule has 1 amide bonds. The van der Waals surface area contributed by atoms with Crippen LogP contribution in [0.5, 0.6) is 0 Å². The Labute approximate surface area is 203 Å². The lowest BCUT2D eigenvalue weighted by Gasteiger charge is -2.21. The zero-order valence-electron chi connectivity index (χ0n) is 17.8. The van der Waals surface area contributed by atoms with Crippen molar-refractivity contribution in [2.75, 3.05) is 6.54 Å². The number of benzene rings is 1. The first-order valence-electron chi connectivity index (χ1n) is 10.1. The second-order valence-corrected chi connectivity index (χ2v) is 8.22. The largest absolute Gasteiger partial charge is 0.338 e. The number of amides is 1. The summed E-state index contributed by atoms with van der Waals surface area (Å²) in [5.74, 6) is 0.0306. The molecule has 4 rings (SSSR count). The van der Waals surface area contributed by atoms with Crippen molar-refractivity contribution in [2.45, 2.75) is 26.8 Å². The summed E-state index contributed by atoms with van der Waals surface area (Å²) in [7, 11) is 0. The Morgan fingerprint density at radius 1 is 1.06 bits per heavy atom. The molecule has 0 aliphatic carbocycles. The van der Waals surface area contributed by atoms with Crippen LogP contribution in [0.25, 0.3) is 16.9 Å². The van der Waals surface area contributed by atoms with Crippen LogP contribution in [-0.2, 0) is 17.8 Å². The molecule has 0 radical (unpaired) electrons. The van der Waals surface area contributed by atoms with Crippen molar-refractivity contribution in [1.29, 1.82) is 0 Å². The molecule has 3 heterocycles. The highest BCUT2D eigenvalue weighted by molar-refractivity contribution is 6.42. The highest BCUT2D eigenvalue weighted by atomic mass is 35.5. The minimum absolute atomic E-state index is 0. The summed E-state index contributed by atoms with van der Waals surface area (Å²) in [5.41, 5.74) is 5.33. The summed E-state index contributed by atoms with van der Waals surface area (Å²) in [6, 6.07) is 13.3. The Morgan fingerprint density at radius 2 is 1.81 bits per heavy atom. The van der Waals surface area contributed by atoms with E-state index in [4.69, 9.17) is 28.2 Å². The molecule has 0 N–H and O–H groups in total. The molecule has 0 spiro atoms. The number of aromatic nitrogens is 3. The van der Waals surface area contributed by atoms with E-state index in [0.717, 1.165) is 33.7 Å². The van der Waals surface area contributed by atoms with Crippen LogP contribution in [-0.4, -0.2) is 31.7 Å². The predicted molar refractivity (Wildman–Crippen MR) is 132 cm³/mol. The standard InChI is InChI=1S/C24H22Cl2N4O.ClH/c1-3-29(15-17-6-9-27-10-7-17)23(31)14-21-24(18-4-5-19(25)20(26)13-18)28-22-12-16(2)8-11-30(21)22;/h4-13H,3,14-15H2,1-2H3;1H. The van der Waals surface area contributed by atoms with E-state index >= 15 is 0 Å². The summed E-state index contributed by atoms with van der Waals surface area (Å²) in [5, 5.41) is 0.940. The molecule has 0 aliphatic heterocycles. The van der Waals surface area contributed by atoms with E-state index in [1.807, 2.05) is 59.7 Å². The Balaban J connectivity index is 0.00000289. The maximum Gasteiger partial charge on any atom is 0.228 e. The number of hydrogen-bond donors (Lipinski definition) is 0. The molecular weight excluding hydrogens is 467 g/mol. The van der Waals surface area contributed by atoms with E-state index < -0.39 is 0 Å². The van der Waals surface area contributed by atoms with Crippen LogP contribution in [0.2, 0.25) is 10.0 Å². The minimum Gasteiger partial charge on any atom is -0.338 e. The number of nitrogens with zero attached hydrogens (tertiary/aromatic N) is 4. The van der Waals surface area contributed by atoms with E-state index in [1.165, 1.54) is 0 Å². The van der Waals surface area contributed by atoms with Gasteiger partial charge in [-0.3, -0.25) is 9.78 Å². The Hall–Kier alpha value is -2.60. The van der Waals surface area contributed by atoms with Crippen LogP contribution in [0.4, 0.5) is 0 Å². The van der Waals surface area contributed by atoms with Gasteiger partial charge in [-0.2, -0.15) is 0 Å². The Bertz CT molecular complexity index is 1240. The summed E-state index contributed by atoms with van der Waals surface area (Å²) >= 11 is 12.4. The molecule has 1 aromatic carbocycles. The van der Waals surface area contributed by atoms with Gasteiger partial charge in [-0.1, -0.05) is 29.3 Å². The molecule has 0 unspecified atom stereocenters. The molecule has 32 heavy (non-hydrogen) atoms. The monoisotopic (exact) mass is 488 g/mol. The maximum absolute atomic E-state index is 13.3. The van der Waals surface area contributed by atoms with Crippen molar-refractivity contribution >= 4 is 47.2 Å². The SMILES string of the molecule is CCN(Cc1ccncc1)C(=O)Cc1c(-c2ccc(Cl)c(Cl)c2)nc2cc(C)ccn12.Cl. The molecule has 0 fully saturated rings. The number of hydrogen-bond acceptors (Lipinski definition) is 3. The van der Waals surface area contributed by atoms with Crippen molar-refractivity contribution in [3.63, 3.8) is 0 Å². The van der Waals surface area contributed by atoms with E-state index in [0.29, 0.717) is 23.1 Å². The normalized spacial score (nSPS) is 10.8. The third kappa shape index (κ3) is 5.07. The van der Waals surface area contributed by atoms with Gasteiger partial charge in [0, 0.05) is 37.2 Å². The second kappa shape index (κ2) is 10.3. The smallest absolute Gasteiger partial charge is 0.228 e. The fourth-order valence-corrected chi connectivity index (χ4v) is 3.88. The highest BCUT2D eigenvalue weighted by Gasteiger charge is 2.21. The van der Waals surface area contributed by atoms with Gasteiger partial charge in [-0.15, -0.1) is 12.4 Å². The number of carbonyl (C=O) groups is 1. The molecule has 0 aliphatic rings. The van der Waals surface area contributed by atoms with E-state index in [2.05, 4.69) is 4.98 Å². The fourth-order valence-electron chi connectivity index (χ4n) is 3.58. The average Bonchev–Trinajstić information content (AvgIpc) is 3.11. The van der Waals surface area contributed by atoms with Crippen LogP contribution < -0.4 is 0 Å². The third-order valence-electron chi connectivity index (χ3n) is 5.25. The number of fused-ring (bicyclic) bond motifs is 1. The molecule has 3 aromatic heterocycles. The number of imidazole rings is 1. The van der Waals surface area contributed by atoms with Gasteiger partial charge < -0.3 is 9.30 Å². The molecule has 0 atom stereocenters. The quantitative estimate of drug-likeness (QED) is 0.332. The van der Waals surface area contributed by atoms with Crippen LogP contribution in [0.1, 0.15) is 23.7 Å². The zero-order chi connectivity index (χ0) is 22.0. The molecule has 4 aromatic rings. The van der Waals surface area contributed by atoms with Crippen molar-refractivity contribution in [1.82, 2.24) is 19.3 Å². The van der Waals surface area contributed by atoms with E-state index in [9.17, 15) is 4.79 Å². The number of pyridine rings is 2. The van der Waals surface area contributed by atoms with Crippen molar-refractivity contribution < 1.29 is 4.79 Å². The Kier molecular flexibility index (Phi) is 7.77. The van der Waals surface area contributed by atoms with Crippen LogP contribution in [0, 0.1) is 6.92 Å². The van der Waals surface area contributed by atoms with Gasteiger partial charge in [0.2, 0.25) is 5.91 Å². The van der Waals surface area contributed by atoms with Gasteiger partial charge in [0.15, 0.2) is 0 Å². The van der Waals surface area contributed by atoms with Crippen molar-refractivity contribution in [2.24, 2.45) is 0 Å². The molecule has 0 saturated heterocycles. The summed E-state index contributed by atoms with van der Waals surface area (Å²) < 4.78 is 1.98. The first-order valence-corrected chi connectivity index (χ1v) is 10.8. The minimum atomic E-state index is 0. The molecule has 0 bridgehead atoms. The van der Waals surface area contributed by atoms with Crippen molar-refractivity contribution in [3.8, 4) is 11.3 Å². The lowest BCUT2D eigenvalue weighted by molar-refractivity contribution is -0.130. The molecule has 8 heteroatoms. The van der Waals surface area contributed by atoms with Crippen LogP contribution in [0.15, 0.2) is 61.1 Å². The lowest BCUT2D eigenvalue weighted by Crippen LogP contribution is -2.32. The van der Waals surface area contributed by atoms with Gasteiger partial charge in [0.1, 0.15) is 5.65 Å². The highest BCUT2D eigenvalue weighted by Crippen LogP contribution is 2.31. The summed E-state index contributed by atoms with van der Waals surface area (Å²) in [6.45, 7) is 5.15. The number of rotatable bonds is 6. The van der Waals surface area contributed by atoms with Gasteiger partial charge >= 0.3 is 0 Å². The van der Waals surface area contributed by atoms with Crippen molar-refractivity contribution in [3.05, 3.63) is 87.9 Å². The number of aryl methyl sites for hydroxylation is 1. The van der Waals surface area contributed by atoms with E-state index in [1.54, 1.807) is 24.5 Å². The van der Waals surface area contributed by atoms with Gasteiger partial charge in [0.05, 0.1) is 27.9 Å². The first kappa shape index (κ1) is 24.1. The lowest BCUT2D eigenvalue weighted by atomic mass is 10.1. The number of likely N-dealkylation sites (N-methyl/N-ethyl adjacent to an activating group) is 1. The topological polar surface area (TPSA) is 50.5 Å². The molecule has 0 saturated carbocycles. The molecular formula is C24H23Cl3N4O. The van der Waals surface area contributed by atoms with Crippen LogP contribution >= 0.6 is 35.6 Å². The van der Waals surface area contributed by atoms with Gasteiger partial charge in [-0.25, -0.2) is 4.98 Å². The first-order chi connectivity index (χ1) is 15.0. The zero-order valence-corrected chi connectivity index (χ0v) is 20.1. The fraction of sp³-hybridized carbons (Fsp3) is 0.208. The summed E-state index contributed by atoms with van der Waals surface area (Å²) in [6.07, 6.45) is 5.66. The van der Waals surface area contributed by atoms with Gasteiger partial charge in [0.25, 0.3) is 0 Å². The molecule has 166 valence electrons. The van der Waals surface area contributed by atoms with E-state index in [-0.39, 0.29) is 24.7 Å². The third-order valence-corrected chi connectivity index (χ3v) is 5.99. The Morgan fingerprint density at radius 3 is 2.50 bits per heavy atom. The number of halogens is 3.